The first-order valence-corrected chi connectivity index (χ1v) is 6.57. The van der Waals surface area contributed by atoms with E-state index in [0.29, 0.717) is 12.1 Å². The standard InChI is InChI=1S/C15H13F6N3/c16-14(17,18)13(15(19,20)21,9-3-1-2-4-11(9)23)10-7-8(22)5-6-12(10)24/h1-7H,22-24H2. The van der Waals surface area contributed by atoms with E-state index in [0.717, 1.165) is 24.3 Å². The highest BCUT2D eigenvalue weighted by Gasteiger charge is 2.73. The lowest BCUT2D eigenvalue weighted by Gasteiger charge is -2.39. The van der Waals surface area contributed by atoms with Gasteiger partial charge in [0.25, 0.3) is 0 Å². The Labute approximate surface area is 133 Å². The molecule has 0 aromatic heterocycles. The minimum atomic E-state index is -5.76. The van der Waals surface area contributed by atoms with E-state index in [4.69, 9.17) is 17.2 Å². The topological polar surface area (TPSA) is 78.1 Å². The molecule has 2 rings (SSSR count). The van der Waals surface area contributed by atoms with E-state index < -0.39 is 40.3 Å². The van der Waals surface area contributed by atoms with E-state index in [1.165, 1.54) is 6.07 Å². The predicted octanol–water partition coefficient (Wildman–Crippen LogP) is 3.84. The normalized spacial score (nSPS) is 13.1. The molecule has 0 unspecified atom stereocenters. The lowest BCUT2D eigenvalue weighted by Crippen LogP contribution is -2.55. The van der Waals surface area contributed by atoms with E-state index in [1.54, 1.807) is 0 Å². The van der Waals surface area contributed by atoms with Gasteiger partial charge in [0.15, 0.2) is 0 Å². The summed E-state index contributed by atoms with van der Waals surface area (Å²) in [6.07, 6.45) is -11.5. The molecule has 0 saturated heterocycles. The first kappa shape index (κ1) is 17.8. The van der Waals surface area contributed by atoms with Crippen molar-refractivity contribution in [1.82, 2.24) is 0 Å². The van der Waals surface area contributed by atoms with Gasteiger partial charge >= 0.3 is 12.4 Å². The van der Waals surface area contributed by atoms with Crippen molar-refractivity contribution < 1.29 is 26.3 Å². The van der Waals surface area contributed by atoms with Crippen LogP contribution in [0.15, 0.2) is 42.5 Å². The number of benzene rings is 2. The Balaban J connectivity index is 3.05. The fourth-order valence-corrected chi connectivity index (χ4v) is 2.65. The molecule has 0 radical (unpaired) electrons. The van der Waals surface area contributed by atoms with Crippen LogP contribution in [0.2, 0.25) is 0 Å². The average Bonchev–Trinajstić information content (AvgIpc) is 2.42. The Bertz CT molecular complexity index is 738. The second kappa shape index (κ2) is 5.50. The minimum Gasteiger partial charge on any atom is -0.399 e. The summed E-state index contributed by atoms with van der Waals surface area (Å²) in [5.41, 5.74) is 7.93. The SMILES string of the molecule is Nc1ccc(N)c(C(c2ccccc2N)(C(F)(F)F)C(F)(F)F)c1. The summed E-state index contributed by atoms with van der Waals surface area (Å²) in [7, 11) is 0. The maximum Gasteiger partial charge on any atom is 0.411 e. The summed E-state index contributed by atoms with van der Waals surface area (Å²) in [6, 6.07) is 6.51. The molecular formula is C15H13F6N3. The molecular weight excluding hydrogens is 336 g/mol. The number of hydrogen-bond donors (Lipinski definition) is 3. The van der Waals surface area contributed by atoms with Crippen LogP contribution in [0.5, 0.6) is 0 Å². The maximum absolute atomic E-state index is 13.9. The molecule has 130 valence electrons. The van der Waals surface area contributed by atoms with Crippen LogP contribution in [0, 0.1) is 0 Å². The lowest BCUT2D eigenvalue weighted by molar-refractivity contribution is -0.288. The summed E-state index contributed by atoms with van der Waals surface area (Å²) >= 11 is 0. The zero-order chi connectivity index (χ0) is 18.3. The van der Waals surface area contributed by atoms with Gasteiger partial charge in [0.1, 0.15) is 0 Å². The number of hydrogen-bond acceptors (Lipinski definition) is 3. The summed E-state index contributed by atoms with van der Waals surface area (Å²) in [6.45, 7) is 0. The summed E-state index contributed by atoms with van der Waals surface area (Å²) < 4.78 is 83.2. The average molecular weight is 349 g/mol. The van der Waals surface area contributed by atoms with Crippen molar-refractivity contribution in [2.24, 2.45) is 0 Å². The third-order valence-corrected chi connectivity index (χ3v) is 3.70. The molecule has 0 aliphatic carbocycles. The number of alkyl halides is 6. The van der Waals surface area contributed by atoms with Crippen LogP contribution in [-0.2, 0) is 5.41 Å². The summed E-state index contributed by atoms with van der Waals surface area (Å²) in [4.78, 5) is 0. The largest absolute Gasteiger partial charge is 0.411 e. The fourth-order valence-electron chi connectivity index (χ4n) is 2.65. The molecule has 0 saturated carbocycles. The highest BCUT2D eigenvalue weighted by atomic mass is 19.4. The van der Waals surface area contributed by atoms with E-state index in [2.05, 4.69) is 0 Å². The Morgan fingerprint density at radius 2 is 1.12 bits per heavy atom. The first-order valence-electron chi connectivity index (χ1n) is 6.57. The molecule has 0 spiro atoms. The molecule has 0 aliphatic rings. The van der Waals surface area contributed by atoms with Crippen molar-refractivity contribution in [2.75, 3.05) is 17.2 Å². The van der Waals surface area contributed by atoms with Crippen molar-refractivity contribution in [3.63, 3.8) is 0 Å². The first-order chi connectivity index (χ1) is 10.9. The lowest BCUT2D eigenvalue weighted by atomic mass is 9.71. The Morgan fingerprint density at radius 3 is 1.62 bits per heavy atom. The van der Waals surface area contributed by atoms with Gasteiger partial charge in [0, 0.05) is 28.2 Å². The van der Waals surface area contributed by atoms with E-state index in [-0.39, 0.29) is 5.69 Å². The Kier molecular flexibility index (Phi) is 4.07. The fraction of sp³-hybridized carbons (Fsp3) is 0.200. The van der Waals surface area contributed by atoms with Gasteiger partial charge in [0.05, 0.1) is 0 Å². The third kappa shape index (κ3) is 2.49. The smallest absolute Gasteiger partial charge is 0.399 e. The van der Waals surface area contributed by atoms with Crippen molar-refractivity contribution in [1.29, 1.82) is 0 Å². The molecule has 24 heavy (non-hydrogen) atoms. The summed E-state index contributed by atoms with van der Waals surface area (Å²) in [5.74, 6) is 0. The predicted molar refractivity (Wildman–Crippen MR) is 79.0 cm³/mol. The van der Waals surface area contributed by atoms with Gasteiger partial charge in [-0.05, 0) is 24.3 Å². The van der Waals surface area contributed by atoms with Crippen molar-refractivity contribution in [2.45, 2.75) is 17.8 Å². The number of nitrogen functional groups attached to an aromatic ring is 3. The van der Waals surface area contributed by atoms with Crippen molar-refractivity contribution in [3.05, 3.63) is 53.6 Å². The van der Waals surface area contributed by atoms with Crippen LogP contribution in [0.3, 0.4) is 0 Å². The molecule has 0 amide bonds. The third-order valence-electron chi connectivity index (χ3n) is 3.70. The zero-order valence-corrected chi connectivity index (χ0v) is 12.0. The molecule has 0 heterocycles. The number of rotatable bonds is 2. The van der Waals surface area contributed by atoms with Gasteiger partial charge in [-0.3, -0.25) is 0 Å². The highest BCUT2D eigenvalue weighted by molar-refractivity contribution is 5.66. The molecule has 2 aromatic carbocycles. The van der Waals surface area contributed by atoms with Crippen molar-refractivity contribution in [3.8, 4) is 0 Å². The van der Waals surface area contributed by atoms with Gasteiger partial charge in [0.2, 0.25) is 5.41 Å². The molecule has 6 N–H and O–H groups in total. The maximum atomic E-state index is 13.9. The Hall–Kier alpha value is -2.58. The van der Waals surface area contributed by atoms with Crippen LogP contribution < -0.4 is 17.2 Å². The molecule has 0 aliphatic heterocycles. The van der Waals surface area contributed by atoms with Gasteiger partial charge in [-0.1, -0.05) is 18.2 Å². The second-order valence-electron chi connectivity index (χ2n) is 5.18. The Morgan fingerprint density at radius 1 is 0.625 bits per heavy atom. The van der Waals surface area contributed by atoms with E-state index >= 15 is 0 Å². The number of para-hydroxylation sites is 1. The minimum absolute atomic E-state index is 0.286. The number of nitrogens with two attached hydrogens (primary N) is 3. The van der Waals surface area contributed by atoms with Gasteiger partial charge in [-0.25, -0.2) is 0 Å². The number of anilines is 3. The van der Waals surface area contributed by atoms with Crippen LogP contribution >= 0.6 is 0 Å². The van der Waals surface area contributed by atoms with Crippen LogP contribution in [-0.4, -0.2) is 12.4 Å². The second-order valence-corrected chi connectivity index (χ2v) is 5.18. The summed E-state index contributed by atoms with van der Waals surface area (Å²) in [5, 5.41) is 0. The number of halogens is 6. The van der Waals surface area contributed by atoms with Gasteiger partial charge in [-0.2, -0.15) is 26.3 Å². The molecule has 0 fully saturated rings. The molecule has 0 bridgehead atoms. The molecule has 0 atom stereocenters. The molecule has 3 nitrogen and oxygen atoms in total. The van der Waals surface area contributed by atoms with Crippen LogP contribution in [0.4, 0.5) is 43.4 Å². The van der Waals surface area contributed by atoms with Gasteiger partial charge < -0.3 is 17.2 Å². The van der Waals surface area contributed by atoms with E-state index in [1.807, 2.05) is 0 Å². The molecule has 2 aromatic rings. The van der Waals surface area contributed by atoms with Gasteiger partial charge in [-0.15, -0.1) is 0 Å². The van der Waals surface area contributed by atoms with Crippen molar-refractivity contribution >= 4 is 17.1 Å². The quantitative estimate of drug-likeness (QED) is 0.569. The van der Waals surface area contributed by atoms with E-state index in [9.17, 15) is 26.3 Å². The zero-order valence-electron chi connectivity index (χ0n) is 12.0. The monoisotopic (exact) mass is 349 g/mol. The highest BCUT2D eigenvalue weighted by Crippen LogP contribution is 2.58. The van der Waals surface area contributed by atoms with Crippen LogP contribution in [0.25, 0.3) is 0 Å². The molecule has 9 heteroatoms. The van der Waals surface area contributed by atoms with Crippen LogP contribution in [0.1, 0.15) is 11.1 Å².